The zero-order chi connectivity index (χ0) is 57.5. The number of amides is 1. The van der Waals surface area contributed by atoms with Crippen molar-refractivity contribution in [2.75, 3.05) is 97.8 Å². The first-order chi connectivity index (χ1) is 37.9. The van der Waals surface area contributed by atoms with Crippen LogP contribution in [0.2, 0.25) is 0 Å². The molecule has 4 aromatic rings. The third-order valence-electron chi connectivity index (χ3n) is 16.9. The largest absolute Gasteiger partial charge is 0.493 e. The van der Waals surface area contributed by atoms with E-state index < -0.39 is 5.41 Å². The molecule has 4 heterocycles. The molecule has 1 radical (unpaired) electrons. The molecule has 6 rings (SSSR count). The number of nitrogens with zero attached hydrogens (tertiary/aromatic N) is 5. The minimum absolute atomic E-state index is 0. The van der Waals surface area contributed by atoms with Crippen molar-refractivity contribution in [2.24, 2.45) is 23.2 Å². The van der Waals surface area contributed by atoms with Crippen molar-refractivity contribution in [3.8, 4) is 11.5 Å². The quantitative estimate of drug-likeness (QED) is 0.0254. The topological polar surface area (TPSA) is 170 Å². The van der Waals surface area contributed by atoms with Crippen molar-refractivity contribution in [1.82, 2.24) is 29.7 Å². The molecule has 2 aromatic heterocycles. The fourth-order valence-electron chi connectivity index (χ4n) is 11.6. The summed E-state index contributed by atoms with van der Waals surface area (Å²) in [6.07, 6.45) is 17.8. The van der Waals surface area contributed by atoms with Crippen LogP contribution < -0.4 is 20.5 Å². The van der Waals surface area contributed by atoms with Crippen LogP contribution in [-0.2, 0) is 66.4 Å². The number of nitrogens with two attached hydrogens (primary N) is 1. The molecule has 5 N–H and O–H groups in total. The normalized spacial score (nSPS) is 16.7. The molecule has 3 atom stereocenters. The first-order valence-electron chi connectivity index (χ1n) is 30.6. The van der Waals surface area contributed by atoms with Crippen LogP contribution in [0.25, 0.3) is 21.9 Å². The SMILES string of the molecule is [CH2-]C.[CH2-]c1nc2c(N)nc3cc(CCCN4CCN(CCCOCCOCCNC(=O)CCCOc5c(C)c(C)c6c(c5C)CC[C@@](C)(CCC[C@H](C)CCC[C@H](C)CCCC(C)C)O6)CC4)ccc3c2n1CC(C)(CO)CO.[Y]. The van der Waals surface area contributed by atoms with Crippen LogP contribution in [0.15, 0.2) is 18.2 Å². The number of carbonyl (C=O) groups is 1. The number of nitrogen functional groups attached to an aromatic ring is 1. The van der Waals surface area contributed by atoms with E-state index in [2.05, 4.69) is 108 Å². The molecule has 2 aliphatic rings. The van der Waals surface area contributed by atoms with Crippen molar-refractivity contribution in [1.29, 1.82) is 0 Å². The van der Waals surface area contributed by atoms with Crippen LogP contribution in [-0.4, -0.2) is 138 Å². The summed E-state index contributed by atoms with van der Waals surface area (Å²) < 4.78 is 26.8. The molecule has 0 unspecified atom stereocenters. The minimum Gasteiger partial charge on any atom is -0.493 e. The van der Waals surface area contributed by atoms with Crippen molar-refractivity contribution >= 4 is 33.7 Å². The van der Waals surface area contributed by atoms with Gasteiger partial charge in [-0.15, -0.1) is 0 Å². The summed E-state index contributed by atoms with van der Waals surface area (Å²) in [4.78, 5) is 27.0. The maximum atomic E-state index is 12.6. The number of hydrogen-bond acceptors (Lipinski definition) is 12. The van der Waals surface area contributed by atoms with Gasteiger partial charge in [-0.1, -0.05) is 91.7 Å². The predicted octanol–water partition coefficient (Wildman–Crippen LogP) is 11.6. The van der Waals surface area contributed by atoms with E-state index in [0.29, 0.717) is 76.1 Å². The molecule has 1 amide bonds. The van der Waals surface area contributed by atoms with Gasteiger partial charge in [0.05, 0.1) is 50.7 Å². The number of rotatable bonds is 35. The molecular formula is C65H107N7O7Y-2. The summed E-state index contributed by atoms with van der Waals surface area (Å²) in [5, 5.41) is 23.8. The van der Waals surface area contributed by atoms with Gasteiger partial charge in [0.25, 0.3) is 0 Å². The summed E-state index contributed by atoms with van der Waals surface area (Å²) in [5.41, 5.74) is 13.8. The Morgan fingerprint density at radius 2 is 1.45 bits per heavy atom. The Bertz CT molecular complexity index is 2450. The van der Waals surface area contributed by atoms with Gasteiger partial charge in [0, 0.05) is 108 Å². The fraction of sp³-hybridized carbons (Fsp3) is 0.708. The summed E-state index contributed by atoms with van der Waals surface area (Å²) in [5.74, 6) is 5.36. The number of nitrogens with one attached hydrogen (secondary N) is 1. The van der Waals surface area contributed by atoms with E-state index in [1.54, 1.807) is 6.92 Å². The smallest absolute Gasteiger partial charge is 0.220 e. The number of imidazole rings is 1. The zero-order valence-corrected chi connectivity index (χ0v) is 54.5. The summed E-state index contributed by atoms with van der Waals surface area (Å²) in [7, 11) is 0. The van der Waals surface area contributed by atoms with Crippen LogP contribution in [0, 0.1) is 57.8 Å². The molecule has 14 nitrogen and oxygen atoms in total. The second-order valence-electron chi connectivity index (χ2n) is 24.4. The molecular weight excluding hydrogens is 1080 g/mol. The van der Waals surface area contributed by atoms with E-state index in [1.165, 1.54) is 73.6 Å². The van der Waals surface area contributed by atoms with E-state index in [1.807, 2.05) is 11.5 Å². The van der Waals surface area contributed by atoms with Crippen molar-refractivity contribution in [3.05, 3.63) is 65.7 Å². The molecule has 0 bridgehead atoms. The number of aryl methyl sites for hydroxylation is 1. The third-order valence-corrected chi connectivity index (χ3v) is 16.9. The Balaban J connectivity index is 0.00000454. The number of benzene rings is 2. The Labute approximate surface area is 509 Å². The van der Waals surface area contributed by atoms with Gasteiger partial charge in [-0.05, 0) is 138 Å². The monoisotopic (exact) mass is 1190 g/mol. The van der Waals surface area contributed by atoms with Crippen LogP contribution in [0.5, 0.6) is 11.5 Å². The van der Waals surface area contributed by atoms with Crippen molar-refractivity contribution in [3.63, 3.8) is 0 Å². The maximum Gasteiger partial charge on any atom is 0.220 e. The average Bonchev–Trinajstić information content (AvgIpc) is 3.80. The van der Waals surface area contributed by atoms with Crippen molar-refractivity contribution in [2.45, 2.75) is 184 Å². The number of ether oxygens (including phenoxy) is 4. The Morgan fingerprint density at radius 1 is 0.825 bits per heavy atom. The number of aliphatic hydroxyl groups excluding tert-OH is 2. The van der Waals surface area contributed by atoms with Crippen LogP contribution in [0.4, 0.5) is 5.82 Å². The van der Waals surface area contributed by atoms with Crippen LogP contribution in [0.1, 0.15) is 172 Å². The summed E-state index contributed by atoms with van der Waals surface area (Å²) in [6.45, 7) is 38.9. The first-order valence-corrected chi connectivity index (χ1v) is 30.6. The summed E-state index contributed by atoms with van der Waals surface area (Å²) >= 11 is 0. The van der Waals surface area contributed by atoms with E-state index in [9.17, 15) is 15.0 Å². The molecule has 1 saturated heterocycles. The van der Waals surface area contributed by atoms with E-state index in [-0.39, 0.29) is 57.4 Å². The second-order valence-corrected chi connectivity index (χ2v) is 24.4. The fourth-order valence-corrected chi connectivity index (χ4v) is 11.6. The van der Waals surface area contributed by atoms with Gasteiger partial charge < -0.3 is 68.4 Å². The number of fused-ring (bicyclic) bond motifs is 4. The molecule has 2 aromatic carbocycles. The second kappa shape index (κ2) is 35.3. The van der Waals surface area contributed by atoms with Gasteiger partial charge in [0.1, 0.15) is 22.6 Å². The number of anilines is 1. The molecule has 0 aliphatic carbocycles. The molecule has 15 heteroatoms. The number of piperazine rings is 1. The number of aromatic nitrogens is 3. The van der Waals surface area contributed by atoms with Gasteiger partial charge in [-0.2, -0.15) is 6.92 Å². The van der Waals surface area contributed by atoms with Crippen molar-refractivity contribution < 1.29 is 66.7 Å². The molecule has 449 valence electrons. The molecule has 0 spiro atoms. The van der Waals surface area contributed by atoms with Crippen LogP contribution >= 0.6 is 0 Å². The number of carbonyl (C=O) groups excluding carboxylic acids is 1. The standard InChI is InChI=1S/C63H102N7O7.C2H5.Y/c1-45(2)17-11-18-46(3)19-12-20-47(4)21-13-27-63(10)28-26-53-50(7)59(48(5)49(6)60(53)77-63)76-37-15-23-56(73)65-29-38-75-40-39-74-36-16-31-69-34-32-68(33-35-69)30-14-22-52-24-25-54-55(41-52)67-61(64)57-58(54)70(51(8)66-57)42-62(9,43-71)44-72;1-2;/h24-25,41,45-47,71-72H,8,11-23,26-40,42-44H2,1-7,9-10H3,(H2,64,67)(H,65,73);1H2,2H3;/q2*-1;/t46-,47-,63-;;/m1../s1. The number of hydrogen-bond donors (Lipinski definition) is 4. The third kappa shape index (κ3) is 21.2. The molecule has 2 aliphatic heterocycles. The predicted molar refractivity (Wildman–Crippen MR) is 325 cm³/mol. The van der Waals surface area contributed by atoms with Gasteiger partial charge in [0.2, 0.25) is 5.91 Å². The maximum absolute atomic E-state index is 12.6. The Kier molecular flexibility index (Phi) is 30.6. The van der Waals surface area contributed by atoms with Gasteiger partial charge >= 0.3 is 0 Å². The van der Waals surface area contributed by atoms with E-state index in [0.717, 1.165) is 129 Å². The van der Waals surface area contributed by atoms with Gasteiger partial charge in [-0.3, -0.25) is 9.78 Å². The summed E-state index contributed by atoms with van der Waals surface area (Å²) in [6, 6.07) is 6.36. The first kappa shape index (κ1) is 69.4. The Hall–Kier alpha value is -3.08. The molecule has 1 fully saturated rings. The zero-order valence-electron chi connectivity index (χ0n) is 51.6. The molecule has 0 saturated carbocycles. The molecule has 80 heavy (non-hydrogen) atoms. The minimum atomic E-state index is -0.724. The Morgan fingerprint density at radius 3 is 2.10 bits per heavy atom. The van der Waals surface area contributed by atoms with Gasteiger partial charge in [-0.25, -0.2) is 4.98 Å². The number of aliphatic hydroxyl groups is 2. The average molecular weight is 1190 g/mol. The van der Waals surface area contributed by atoms with Crippen LogP contribution in [0.3, 0.4) is 0 Å². The van der Waals surface area contributed by atoms with Gasteiger partial charge in [0.15, 0.2) is 5.82 Å². The number of pyridine rings is 1. The van der Waals surface area contributed by atoms with E-state index >= 15 is 0 Å². The van der Waals surface area contributed by atoms with E-state index in [4.69, 9.17) is 29.7 Å².